The van der Waals surface area contributed by atoms with Crippen LogP contribution in [0.15, 0.2) is 30.6 Å². The molecule has 2 aromatic rings. The Labute approximate surface area is 158 Å². The van der Waals surface area contributed by atoms with Crippen molar-refractivity contribution >= 4 is 23.4 Å². The van der Waals surface area contributed by atoms with Crippen molar-refractivity contribution in [2.75, 3.05) is 63.0 Å². The highest BCUT2D eigenvalue weighted by Crippen LogP contribution is 2.26. The van der Waals surface area contributed by atoms with E-state index in [1.807, 2.05) is 0 Å². The number of urea groups is 1. The second-order valence-corrected chi connectivity index (χ2v) is 6.23. The molecule has 0 aliphatic carbocycles. The molecule has 2 N–H and O–H groups in total. The van der Waals surface area contributed by atoms with Gasteiger partial charge in [-0.2, -0.15) is 0 Å². The van der Waals surface area contributed by atoms with Crippen LogP contribution < -0.4 is 25.0 Å². The van der Waals surface area contributed by atoms with E-state index in [0.29, 0.717) is 23.0 Å². The molecule has 0 radical (unpaired) electrons. The molecule has 0 bridgehead atoms. The molecule has 1 aliphatic rings. The third kappa shape index (κ3) is 4.98. The minimum atomic E-state index is -0.409. The largest absolute Gasteiger partial charge is 0.497 e. The number of nitrogens with one attached hydrogen (secondary N) is 2. The van der Waals surface area contributed by atoms with E-state index in [-0.39, 0.29) is 0 Å². The van der Waals surface area contributed by atoms with Crippen molar-refractivity contribution in [2.24, 2.45) is 0 Å². The summed E-state index contributed by atoms with van der Waals surface area (Å²) in [6.07, 6.45) is 1.46. The van der Waals surface area contributed by atoms with E-state index in [1.165, 1.54) is 6.33 Å². The van der Waals surface area contributed by atoms with Crippen LogP contribution in [0.25, 0.3) is 0 Å². The Morgan fingerprint density at radius 2 is 1.63 bits per heavy atom. The minimum absolute atomic E-state index is 0.409. The Bertz CT molecular complexity index is 770. The van der Waals surface area contributed by atoms with Crippen LogP contribution >= 0.6 is 0 Å². The average molecular weight is 372 g/mol. The number of likely N-dealkylation sites (N-methyl/N-ethyl adjacent to an activating group) is 1. The molecular formula is C18H24N6O3. The van der Waals surface area contributed by atoms with Gasteiger partial charge in [-0.1, -0.05) is 0 Å². The first-order valence-corrected chi connectivity index (χ1v) is 8.64. The summed E-state index contributed by atoms with van der Waals surface area (Å²) < 4.78 is 10.4. The smallest absolute Gasteiger partial charge is 0.324 e. The lowest BCUT2D eigenvalue weighted by Crippen LogP contribution is -2.44. The monoisotopic (exact) mass is 372 g/mol. The van der Waals surface area contributed by atoms with Crippen LogP contribution in [0.1, 0.15) is 0 Å². The third-order valence-corrected chi connectivity index (χ3v) is 4.33. The second kappa shape index (κ2) is 8.54. The number of carbonyl (C=O) groups is 1. The molecule has 1 fully saturated rings. The fourth-order valence-corrected chi connectivity index (χ4v) is 2.78. The van der Waals surface area contributed by atoms with Crippen molar-refractivity contribution in [3.05, 3.63) is 30.6 Å². The number of ether oxygens (including phenoxy) is 2. The zero-order valence-electron chi connectivity index (χ0n) is 15.7. The van der Waals surface area contributed by atoms with Crippen molar-refractivity contribution in [1.29, 1.82) is 0 Å². The fraction of sp³-hybridized carbons (Fsp3) is 0.389. The molecule has 2 heterocycles. The number of carbonyl (C=O) groups excluding carboxylic acids is 1. The van der Waals surface area contributed by atoms with E-state index in [9.17, 15) is 4.79 Å². The number of methoxy groups -OCH3 is 2. The number of piperazine rings is 1. The zero-order valence-corrected chi connectivity index (χ0v) is 15.7. The first-order valence-electron chi connectivity index (χ1n) is 8.64. The zero-order chi connectivity index (χ0) is 19.2. The number of rotatable bonds is 5. The van der Waals surface area contributed by atoms with E-state index >= 15 is 0 Å². The van der Waals surface area contributed by atoms with Crippen LogP contribution in [0.5, 0.6) is 11.5 Å². The Balaban J connectivity index is 1.65. The van der Waals surface area contributed by atoms with Gasteiger partial charge in [0.15, 0.2) is 0 Å². The summed E-state index contributed by atoms with van der Waals surface area (Å²) in [7, 11) is 5.21. The number of benzene rings is 1. The standard InChI is InChI=1S/C18H24N6O3/c1-23-4-6-24(7-5-23)17-11-16(19-12-20-17)22-18(25)21-13-8-14(26-2)10-15(9-13)27-3/h8-12H,4-7H2,1-3H3,(H2,19,20,21,22,25). The Kier molecular flexibility index (Phi) is 5.92. The highest BCUT2D eigenvalue weighted by molar-refractivity contribution is 5.99. The van der Waals surface area contributed by atoms with Gasteiger partial charge in [0.05, 0.1) is 14.2 Å². The maximum atomic E-state index is 12.3. The van der Waals surface area contributed by atoms with E-state index in [4.69, 9.17) is 9.47 Å². The summed E-state index contributed by atoms with van der Waals surface area (Å²) >= 11 is 0. The van der Waals surface area contributed by atoms with Crippen molar-refractivity contribution < 1.29 is 14.3 Å². The van der Waals surface area contributed by atoms with E-state index in [2.05, 4.69) is 37.4 Å². The first kappa shape index (κ1) is 18.7. The number of aromatic nitrogens is 2. The summed E-state index contributed by atoms with van der Waals surface area (Å²) in [6.45, 7) is 3.74. The number of hydrogen-bond acceptors (Lipinski definition) is 7. The molecule has 27 heavy (non-hydrogen) atoms. The van der Waals surface area contributed by atoms with E-state index in [0.717, 1.165) is 32.0 Å². The number of anilines is 3. The minimum Gasteiger partial charge on any atom is -0.497 e. The predicted octanol–water partition coefficient (Wildman–Crippen LogP) is 1.89. The maximum absolute atomic E-state index is 12.3. The lowest BCUT2D eigenvalue weighted by molar-refractivity contribution is 0.262. The van der Waals surface area contributed by atoms with Crippen LogP contribution in [0.3, 0.4) is 0 Å². The molecule has 2 amide bonds. The van der Waals surface area contributed by atoms with Crippen molar-refractivity contribution in [3.8, 4) is 11.5 Å². The van der Waals surface area contributed by atoms with Gasteiger partial charge < -0.3 is 24.6 Å². The molecule has 0 spiro atoms. The predicted molar refractivity (Wildman–Crippen MR) is 104 cm³/mol. The van der Waals surface area contributed by atoms with Crippen LogP contribution in [0.2, 0.25) is 0 Å². The van der Waals surface area contributed by atoms with Gasteiger partial charge in [0.1, 0.15) is 29.5 Å². The van der Waals surface area contributed by atoms with E-state index in [1.54, 1.807) is 38.5 Å². The highest BCUT2D eigenvalue weighted by atomic mass is 16.5. The summed E-state index contributed by atoms with van der Waals surface area (Å²) in [5.74, 6) is 2.41. The van der Waals surface area contributed by atoms with Crippen LogP contribution in [-0.2, 0) is 0 Å². The number of nitrogens with zero attached hydrogens (tertiary/aromatic N) is 4. The molecule has 1 saturated heterocycles. The fourth-order valence-electron chi connectivity index (χ4n) is 2.78. The SMILES string of the molecule is COc1cc(NC(=O)Nc2cc(N3CCN(C)CC3)ncn2)cc(OC)c1. The molecular weight excluding hydrogens is 348 g/mol. The van der Waals surface area contributed by atoms with Crippen LogP contribution in [0, 0.1) is 0 Å². The molecule has 0 unspecified atom stereocenters. The van der Waals surface area contributed by atoms with Crippen molar-refractivity contribution in [1.82, 2.24) is 14.9 Å². The molecule has 3 rings (SSSR count). The summed E-state index contributed by atoms with van der Waals surface area (Å²) in [5, 5.41) is 5.49. The highest BCUT2D eigenvalue weighted by Gasteiger charge is 2.16. The quantitative estimate of drug-likeness (QED) is 0.828. The maximum Gasteiger partial charge on any atom is 0.324 e. The lowest BCUT2D eigenvalue weighted by Gasteiger charge is -2.33. The van der Waals surface area contributed by atoms with Crippen molar-refractivity contribution in [2.45, 2.75) is 0 Å². The number of amides is 2. The third-order valence-electron chi connectivity index (χ3n) is 4.33. The van der Waals surface area contributed by atoms with Gasteiger partial charge in [0, 0.05) is 56.1 Å². The van der Waals surface area contributed by atoms with Gasteiger partial charge in [-0.25, -0.2) is 14.8 Å². The number of hydrogen-bond donors (Lipinski definition) is 2. The molecule has 144 valence electrons. The van der Waals surface area contributed by atoms with Gasteiger partial charge in [-0.05, 0) is 7.05 Å². The van der Waals surface area contributed by atoms with Gasteiger partial charge >= 0.3 is 6.03 Å². The Hall–Kier alpha value is -3.07. The van der Waals surface area contributed by atoms with Gasteiger partial charge in [-0.15, -0.1) is 0 Å². The summed E-state index contributed by atoms with van der Waals surface area (Å²) in [6, 6.07) is 6.51. The van der Waals surface area contributed by atoms with Crippen LogP contribution in [0.4, 0.5) is 22.1 Å². The van der Waals surface area contributed by atoms with Gasteiger partial charge in [0.2, 0.25) is 0 Å². The Morgan fingerprint density at radius 1 is 0.963 bits per heavy atom. The van der Waals surface area contributed by atoms with Gasteiger partial charge in [0.25, 0.3) is 0 Å². The molecule has 1 aromatic carbocycles. The molecule has 1 aliphatic heterocycles. The molecule has 0 saturated carbocycles. The van der Waals surface area contributed by atoms with Gasteiger partial charge in [-0.3, -0.25) is 5.32 Å². The van der Waals surface area contributed by atoms with Crippen LogP contribution in [-0.4, -0.2) is 68.3 Å². The lowest BCUT2D eigenvalue weighted by atomic mass is 10.3. The van der Waals surface area contributed by atoms with E-state index < -0.39 is 6.03 Å². The molecule has 9 heteroatoms. The molecule has 0 atom stereocenters. The summed E-state index contributed by atoms with van der Waals surface area (Å²) in [5.41, 5.74) is 0.553. The topological polar surface area (TPSA) is 91.9 Å². The molecule has 9 nitrogen and oxygen atoms in total. The normalized spacial score (nSPS) is 14.6. The average Bonchev–Trinajstić information content (AvgIpc) is 2.68. The summed E-state index contributed by atoms with van der Waals surface area (Å²) in [4.78, 5) is 25.2. The first-order chi connectivity index (χ1) is 13.1. The second-order valence-electron chi connectivity index (χ2n) is 6.23. The molecule has 1 aromatic heterocycles. The Morgan fingerprint density at radius 3 is 2.26 bits per heavy atom. The van der Waals surface area contributed by atoms with Crippen molar-refractivity contribution in [3.63, 3.8) is 0 Å².